The summed E-state index contributed by atoms with van der Waals surface area (Å²) < 4.78 is 47.6. The zero-order valence-corrected chi connectivity index (χ0v) is 47.7. The summed E-state index contributed by atoms with van der Waals surface area (Å²) in [6.45, 7) is 13.4. The van der Waals surface area contributed by atoms with Crippen LogP contribution in [0, 0.1) is 36.4 Å². The van der Waals surface area contributed by atoms with E-state index >= 15 is 14.0 Å². The van der Waals surface area contributed by atoms with E-state index in [1.807, 2.05) is 4.90 Å². The molecule has 2 aliphatic carbocycles. The highest BCUT2D eigenvalue weighted by molar-refractivity contribution is 6.32. The van der Waals surface area contributed by atoms with Crippen molar-refractivity contribution < 1.29 is 77.3 Å². The van der Waals surface area contributed by atoms with Gasteiger partial charge < -0.3 is 69.1 Å². The largest absolute Gasteiger partial charge is 0.507 e. The normalized spacial score (nSPS) is 30.0. The lowest BCUT2D eigenvalue weighted by Crippen LogP contribution is -2.49. The van der Waals surface area contributed by atoms with Gasteiger partial charge in [0.15, 0.2) is 11.6 Å². The van der Waals surface area contributed by atoms with Crippen LogP contribution < -0.4 is 30.4 Å². The topological polar surface area (TPSA) is 282 Å². The number of aliphatic hydroxyl groups is 2. The number of ketones is 3. The molecule has 22 heteroatoms. The van der Waals surface area contributed by atoms with Crippen LogP contribution >= 0.6 is 0 Å². The third-order valence-electron chi connectivity index (χ3n) is 17.3. The maximum Gasteiger partial charge on any atom is 0.341 e. The van der Waals surface area contributed by atoms with Crippen molar-refractivity contribution in [1.82, 2.24) is 20.1 Å². The number of esters is 1. The predicted molar refractivity (Wildman–Crippen MR) is 296 cm³/mol. The number of amides is 1. The van der Waals surface area contributed by atoms with Crippen molar-refractivity contribution in [1.29, 1.82) is 0 Å². The number of carboxylic acid groups (broad SMARTS) is 1. The number of halogens is 1. The van der Waals surface area contributed by atoms with E-state index in [1.54, 1.807) is 49.3 Å². The zero-order chi connectivity index (χ0) is 59.5. The first kappa shape index (κ1) is 59.2. The van der Waals surface area contributed by atoms with Gasteiger partial charge in [0.25, 0.3) is 11.7 Å². The van der Waals surface area contributed by atoms with Gasteiger partial charge in [-0.25, -0.2) is 9.18 Å². The molecule has 7 aliphatic rings. The number of pyridine rings is 1. The molecule has 1 amide bonds. The molecular formula is C60H72FN5O16. The SMILES string of the molecule is COc1c(N2CCC(NC3CCN(C4=C5NC(=O)/C(C)=C\C=C\[C@H](C)[C@H](O)[C@@H](C)[C@@H](O)[C@@H](C)[C@H](OC(C)=O)[C@H](C)[C@@H](OC)/C=C/O[C@@]6(C)Oc7c(C)c(O)c(c(c7C6=O)C4=O)C5=O)CC3)C2)c(F)cc2c(=O)c(C(=O)O)cn(C3CC3)c12. The number of likely N-dealkylation sites (tertiary alicyclic amines) is 1. The van der Waals surface area contributed by atoms with Gasteiger partial charge >= 0.3 is 17.7 Å². The summed E-state index contributed by atoms with van der Waals surface area (Å²) in [5.74, 6) is -11.7. The summed E-state index contributed by atoms with van der Waals surface area (Å²) in [5, 5.41) is 51.1. The Morgan fingerprint density at radius 3 is 2.17 bits per heavy atom. The molecule has 1 unspecified atom stereocenters. The quantitative estimate of drug-likeness (QED) is 0.138. The van der Waals surface area contributed by atoms with E-state index in [4.69, 9.17) is 23.7 Å². The minimum Gasteiger partial charge on any atom is -0.507 e. The number of carbonyl (C=O) groups excluding carboxylic acids is 5. The summed E-state index contributed by atoms with van der Waals surface area (Å²) in [6.07, 6.45) is 7.42. The molecule has 0 radical (unpaired) electrons. The standard InChI is InChI=1S/C60H72FN5O16/c1-27-12-11-13-28(2)58(75)63-44-47(64-20-16-34(17-21-64)62-35-18-22-65(25-35)46-39(61)24-37-45(56(46)79-10)66(36-14-15-36)26-38(51(37)71)59(76)77)53(73)41-42(52(44)72)50(70)32(6)55-43(41)57(74)60(8,82-55)80-23-19-40(78-9)29(3)54(81-33(7)67)31(5)49(69)30(4)48(27)68/h11-13,19,23-24,26-27,29-31,34-36,40,48-49,54,62,68-70H,14-18,20-22,25H2,1-10H3,(H,63,75)(H,76,77)/b12-11+,23-19+,28-13-/t27-,29+,30+,31+,35?,40-,48-,49+,54+,60-/m0/s1. The fraction of sp³-hybridized carbons (Fsp3) is 0.517. The van der Waals surface area contributed by atoms with Gasteiger partial charge in [0, 0.05) is 106 Å². The number of aromatic carboxylic acids is 1. The number of rotatable bonds is 9. The van der Waals surface area contributed by atoms with Gasteiger partial charge in [-0.3, -0.25) is 28.8 Å². The average molecular weight is 1140 g/mol. The number of phenols is 1. The van der Waals surface area contributed by atoms with Gasteiger partial charge in [-0.15, -0.1) is 0 Å². The maximum atomic E-state index is 16.3. The zero-order valence-electron chi connectivity index (χ0n) is 47.7. The molecule has 6 N–H and O–H groups in total. The lowest BCUT2D eigenvalue weighted by molar-refractivity contribution is -0.160. The van der Waals surface area contributed by atoms with Crippen molar-refractivity contribution in [2.45, 2.75) is 136 Å². The highest BCUT2D eigenvalue weighted by Crippen LogP contribution is 2.50. The number of benzene rings is 2. The molecule has 5 aliphatic heterocycles. The lowest BCUT2D eigenvalue weighted by atomic mass is 9.78. The highest BCUT2D eigenvalue weighted by Gasteiger charge is 2.53. The third kappa shape index (κ3) is 10.7. The number of Topliss-reactive ketones (excluding diaryl/α,β-unsaturated/α-hetero) is 3. The van der Waals surface area contributed by atoms with Gasteiger partial charge in [0.2, 0.25) is 17.0 Å². The number of carboxylic acids is 1. The number of ether oxygens (including phenoxy) is 5. The first-order valence-corrected chi connectivity index (χ1v) is 27.8. The number of nitrogens with zero attached hydrogens (tertiary/aromatic N) is 3. The number of aromatic nitrogens is 1. The van der Waals surface area contributed by atoms with Crippen LogP contribution in [0.1, 0.15) is 134 Å². The van der Waals surface area contributed by atoms with Crippen LogP contribution in [0.3, 0.4) is 0 Å². The summed E-state index contributed by atoms with van der Waals surface area (Å²) >= 11 is 0. The van der Waals surface area contributed by atoms with Crippen LogP contribution in [0.2, 0.25) is 0 Å². The summed E-state index contributed by atoms with van der Waals surface area (Å²) in [5.41, 5.74) is -2.59. The summed E-state index contributed by atoms with van der Waals surface area (Å²) in [6, 6.07) is 0.711. The Labute approximate surface area is 473 Å². The number of nitrogens with one attached hydrogen (secondary N) is 2. The van der Waals surface area contributed by atoms with Gasteiger partial charge in [0.1, 0.15) is 40.2 Å². The van der Waals surface area contributed by atoms with E-state index in [0.717, 1.165) is 25.2 Å². The van der Waals surface area contributed by atoms with Crippen LogP contribution in [-0.4, -0.2) is 148 Å². The predicted octanol–water partition coefficient (Wildman–Crippen LogP) is 5.79. The molecule has 2 aromatic carbocycles. The minimum atomic E-state index is -2.16. The first-order valence-electron chi connectivity index (χ1n) is 27.8. The average Bonchev–Trinajstić information content (AvgIpc) is 3.32. The van der Waals surface area contributed by atoms with Crippen molar-refractivity contribution in [3.8, 4) is 17.2 Å². The molecule has 21 nitrogen and oxygen atoms in total. The maximum absolute atomic E-state index is 16.3. The Morgan fingerprint density at radius 1 is 0.866 bits per heavy atom. The number of hydrogen-bond donors (Lipinski definition) is 6. The molecule has 1 saturated carbocycles. The lowest BCUT2D eigenvalue weighted by Gasteiger charge is -2.38. The molecule has 1 aromatic heterocycles. The molecule has 10 atom stereocenters. The van der Waals surface area contributed by atoms with E-state index in [1.165, 1.54) is 60.3 Å². The fourth-order valence-corrected chi connectivity index (χ4v) is 12.4. The minimum absolute atomic E-state index is 0.0434. The Kier molecular flexibility index (Phi) is 16.7. The second-order valence-electron chi connectivity index (χ2n) is 22.8. The van der Waals surface area contributed by atoms with E-state index in [2.05, 4.69) is 10.6 Å². The first-order chi connectivity index (χ1) is 38.8. The van der Waals surface area contributed by atoms with Crippen molar-refractivity contribution in [2.24, 2.45) is 23.7 Å². The third-order valence-corrected chi connectivity index (χ3v) is 17.3. The van der Waals surface area contributed by atoms with Gasteiger partial charge in [-0.05, 0) is 58.1 Å². The van der Waals surface area contributed by atoms with Crippen LogP contribution in [0.15, 0.2) is 64.6 Å². The fourth-order valence-electron chi connectivity index (χ4n) is 12.4. The van der Waals surface area contributed by atoms with E-state index in [9.17, 15) is 44.4 Å². The second kappa shape index (κ2) is 23.1. The highest BCUT2D eigenvalue weighted by atomic mass is 19.1. The molecule has 2 saturated heterocycles. The molecule has 3 aromatic rings. The van der Waals surface area contributed by atoms with Gasteiger partial charge in [-0.2, -0.15) is 0 Å². The Balaban J connectivity index is 1.02. The number of anilines is 1. The van der Waals surface area contributed by atoms with Crippen LogP contribution in [0.25, 0.3) is 10.9 Å². The van der Waals surface area contributed by atoms with E-state index in [-0.39, 0.29) is 76.2 Å². The number of piperidine rings is 1. The van der Waals surface area contributed by atoms with Crippen molar-refractivity contribution >= 4 is 51.8 Å². The van der Waals surface area contributed by atoms with Crippen molar-refractivity contribution in [3.63, 3.8) is 0 Å². The number of fused-ring (bicyclic) bond motifs is 15. The Hall–Kier alpha value is -7.40. The number of phenolic OH excluding ortho intramolecular Hbond substituents is 1. The Bertz CT molecular complexity index is 3340. The molecule has 5 bridgehead atoms. The van der Waals surface area contributed by atoms with Crippen LogP contribution in [0.5, 0.6) is 17.2 Å². The number of aliphatic hydroxyl groups excluding tert-OH is 2. The number of aromatic hydroxyl groups is 1. The second-order valence-corrected chi connectivity index (χ2v) is 22.8. The molecular weight excluding hydrogens is 1070 g/mol. The van der Waals surface area contributed by atoms with E-state index < -0.39 is 128 Å². The summed E-state index contributed by atoms with van der Waals surface area (Å²) in [7, 11) is 2.80. The number of allylic oxidation sites excluding steroid dienone is 4. The monoisotopic (exact) mass is 1140 g/mol. The number of methoxy groups -OCH3 is 2. The molecule has 82 heavy (non-hydrogen) atoms. The van der Waals surface area contributed by atoms with Gasteiger partial charge in [-0.1, -0.05) is 45.9 Å². The number of hydrogen-bond acceptors (Lipinski definition) is 18. The van der Waals surface area contributed by atoms with Crippen LogP contribution in [-0.2, 0) is 23.8 Å². The van der Waals surface area contributed by atoms with Crippen molar-refractivity contribution in [3.05, 3.63) is 104 Å². The summed E-state index contributed by atoms with van der Waals surface area (Å²) in [4.78, 5) is 101. The molecule has 440 valence electrons. The van der Waals surface area contributed by atoms with E-state index in [0.29, 0.717) is 37.9 Å². The van der Waals surface area contributed by atoms with Crippen LogP contribution in [0.4, 0.5) is 10.1 Å². The van der Waals surface area contributed by atoms with Crippen molar-refractivity contribution in [2.75, 3.05) is 45.3 Å². The molecule has 3 fully saturated rings. The smallest absolute Gasteiger partial charge is 0.341 e. The molecule has 6 heterocycles. The number of carbonyl (C=O) groups is 6. The molecule has 0 spiro atoms. The van der Waals surface area contributed by atoms with Gasteiger partial charge in [0.05, 0.1) is 59.3 Å². The molecule has 10 rings (SSSR count). The Morgan fingerprint density at radius 2 is 1.54 bits per heavy atom.